The average Bonchev–Trinajstić information content (AvgIpc) is 2.97. The average molecular weight is 405 g/mol. The number of carbonyl (C=O) groups is 1. The molecule has 12 atom stereocenters. The lowest BCUT2D eigenvalue weighted by Crippen LogP contribution is -2.58. The van der Waals surface area contributed by atoms with E-state index in [4.69, 9.17) is 5.11 Å². The number of hydrogen-bond donors (Lipinski definition) is 2. The highest BCUT2D eigenvalue weighted by Crippen LogP contribution is 2.67. The maximum atomic E-state index is 11.6. The van der Waals surface area contributed by atoms with Crippen LogP contribution in [0.15, 0.2) is 0 Å². The predicted molar refractivity (Wildman–Crippen MR) is 116 cm³/mol. The van der Waals surface area contributed by atoms with Gasteiger partial charge in [0.05, 0.1) is 6.10 Å². The molecule has 4 fully saturated rings. The van der Waals surface area contributed by atoms with Gasteiger partial charge < -0.3 is 10.2 Å². The van der Waals surface area contributed by atoms with Gasteiger partial charge in [0.25, 0.3) is 0 Å². The zero-order valence-electron chi connectivity index (χ0n) is 19.3. The van der Waals surface area contributed by atoms with E-state index in [-0.39, 0.29) is 17.9 Å². The molecule has 4 aliphatic carbocycles. The summed E-state index contributed by atoms with van der Waals surface area (Å²) >= 11 is 0. The molecule has 0 aromatic heterocycles. The number of hydrogen-bond acceptors (Lipinski definition) is 2. The first-order valence-electron chi connectivity index (χ1n) is 12.5. The molecule has 0 aromatic rings. The van der Waals surface area contributed by atoms with Crippen LogP contribution in [0, 0.1) is 64.6 Å². The van der Waals surface area contributed by atoms with E-state index in [1.54, 1.807) is 0 Å². The van der Waals surface area contributed by atoms with Crippen LogP contribution in [0.5, 0.6) is 0 Å². The normalized spacial score (nSPS) is 52.9. The second kappa shape index (κ2) is 7.84. The molecule has 2 N–H and O–H groups in total. The van der Waals surface area contributed by atoms with E-state index in [9.17, 15) is 9.90 Å². The van der Waals surface area contributed by atoms with Gasteiger partial charge in [-0.1, -0.05) is 34.6 Å². The first-order valence-corrected chi connectivity index (χ1v) is 12.5. The Morgan fingerprint density at radius 3 is 2.41 bits per heavy atom. The molecule has 0 radical (unpaired) electrons. The van der Waals surface area contributed by atoms with Crippen LogP contribution in [0.25, 0.3) is 0 Å². The molecule has 4 aliphatic rings. The maximum absolute atomic E-state index is 11.6. The van der Waals surface area contributed by atoms with Gasteiger partial charge in [-0.05, 0) is 110 Å². The highest BCUT2D eigenvalue weighted by atomic mass is 16.4. The molecule has 166 valence electrons. The SMILES string of the molecule is CC1CC(C)C2C(C1)CC(C)C1C2CC(O)C2(C)C(C(C)CCC(=O)O)CCC12. The van der Waals surface area contributed by atoms with Gasteiger partial charge in [0, 0.05) is 6.42 Å². The lowest BCUT2D eigenvalue weighted by molar-refractivity contribution is -0.167. The van der Waals surface area contributed by atoms with Crippen LogP contribution in [0.4, 0.5) is 0 Å². The van der Waals surface area contributed by atoms with E-state index >= 15 is 0 Å². The summed E-state index contributed by atoms with van der Waals surface area (Å²) in [5.74, 6) is 6.36. The fourth-order valence-corrected chi connectivity index (χ4v) is 9.69. The molecule has 0 aromatic carbocycles. The van der Waals surface area contributed by atoms with Crippen molar-refractivity contribution in [2.45, 2.75) is 92.1 Å². The zero-order chi connectivity index (χ0) is 21.1. The molecule has 0 bridgehead atoms. The van der Waals surface area contributed by atoms with Gasteiger partial charge in [0.1, 0.15) is 0 Å². The number of fused-ring (bicyclic) bond motifs is 5. The monoisotopic (exact) mass is 404 g/mol. The fourth-order valence-electron chi connectivity index (χ4n) is 9.69. The Kier molecular flexibility index (Phi) is 5.86. The molecule has 4 saturated carbocycles. The summed E-state index contributed by atoms with van der Waals surface area (Å²) in [6, 6.07) is 0. The zero-order valence-corrected chi connectivity index (χ0v) is 19.3. The summed E-state index contributed by atoms with van der Waals surface area (Å²) in [6.07, 6.45) is 8.35. The van der Waals surface area contributed by atoms with Crippen molar-refractivity contribution in [3.8, 4) is 0 Å². The molecule has 3 heteroatoms. The van der Waals surface area contributed by atoms with E-state index in [0.29, 0.717) is 23.7 Å². The maximum Gasteiger partial charge on any atom is 0.303 e. The van der Waals surface area contributed by atoms with Crippen molar-refractivity contribution >= 4 is 5.97 Å². The molecule has 3 nitrogen and oxygen atoms in total. The van der Waals surface area contributed by atoms with E-state index in [2.05, 4.69) is 34.6 Å². The number of aliphatic hydroxyl groups excluding tert-OH is 1. The smallest absolute Gasteiger partial charge is 0.303 e. The van der Waals surface area contributed by atoms with Crippen LogP contribution in [-0.2, 0) is 4.79 Å². The van der Waals surface area contributed by atoms with Crippen molar-refractivity contribution in [2.75, 3.05) is 0 Å². The quantitative estimate of drug-likeness (QED) is 0.617. The van der Waals surface area contributed by atoms with Gasteiger partial charge in [-0.3, -0.25) is 4.79 Å². The number of carboxylic acid groups (broad SMARTS) is 1. The number of rotatable bonds is 4. The minimum Gasteiger partial charge on any atom is -0.481 e. The van der Waals surface area contributed by atoms with Crippen molar-refractivity contribution in [1.29, 1.82) is 0 Å². The Bertz CT molecular complexity index is 617. The molecule has 12 unspecified atom stereocenters. The molecule has 0 spiro atoms. The van der Waals surface area contributed by atoms with Crippen LogP contribution < -0.4 is 0 Å². The lowest BCUT2D eigenvalue weighted by Gasteiger charge is -2.61. The minimum atomic E-state index is -0.687. The van der Waals surface area contributed by atoms with Gasteiger partial charge in [-0.2, -0.15) is 0 Å². The first kappa shape index (κ1) is 21.7. The van der Waals surface area contributed by atoms with E-state index < -0.39 is 5.97 Å². The molecule has 0 amide bonds. The second-order valence-electron chi connectivity index (χ2n) is 12.2. The Morgan fingerprint density at radius 1 is 1.03 bits per heavy atom. The van der Waals surface area contributed by atoms with Gasteiger partial charge in [-0.15, -0.1) is 0 Å². The fraction of sp³-hybridized carbons (Fsp3) is 0.962. The summed E-state index contributed by atoms with van der Waals surface area (Å²) < 4.78 is 0. The van der Waals surface area contributed by atoms with Crippen LogP contribution in [-0.4, -0.2) is 22.3 Å². The molecule has 0 aliphatic heterocycles. The van der Waals surface area contributed by atoms with Crippen molar-refractivity contribution in [3.63, 3.8) is 0 Å². The summed E-state index contributed by atoms with van der Waals surface area (Å²) in [6.45, 7) is 12.1. The lowest BCUT2D eigenvalue weighted by atomic mass is 9.44. The van der Waals surface area contributed by atoms with Gasteiger partial charge in [-0.25, -0.2) is 0 Å². The van der Waals surface area contributed by atoms with E-state index in [1.807, 2.05) is 0 Å². The number of aliphatic carboxylic acids is 1. The van der Waals surface area contributed by atoms with Crippen molar-refractivity contribution in [2.24, 2.45) is 64.6 Å². The Morgan fingerprint density at radius 2 is 1.72 bits per heavy atom. The highest BCUT2D eigenvalue weighted by Gasteiger charge is 2.63. The number of aliphatic hydroxyl groups is 1. The minimum absolute atomic E-state index is 0.0224. The third-order valence-corrected chi connectivity index (χ3v) is 10.6. The summed E-state index contributed by atoms with van der Waals surface area (Å²) in [5.41, 5.74) is -0.0224. The Hall–Kier alpha value is -0.570. The summed E-state index contributed by atoms with van der Waals surface area (Å²) in [4.78, 5) is 11.1. The summed E-state index contributed by atoms with van der Waals surface area (Å²) in [5, 5.41) is 20.7. The molecule has 0 saturated heterocycles. The van der Waals surface area contributed by atoms with Gasteiger partial charge >= 0.3 is 5.97 Å². The topological polar surface area (TPSA) is 57.5 Å². The van der Waals surface area contributed by atoms with E-state index in [1.165, 1.54) is 32.1 Å². The first-order chi connectivity index (χ1) is 13.6. The molecule has 0 heterocycles. The van der Waals surface area contributed by atoms with Crippen molar-refractivity contribution < 1.29 is 15.0 Å². The second-order valence-corrected chi connectivity index (χ2v) is 12.2. The van der Waals surface area contributed by atoms with E-state index in [0.717, 1.165) is 48.3 Å². The largest absolute Gasteiger partial charge is 0.481 e. The van der Waals surface area contributed by atoms with Crippen molar-refractivity contribution in [3.05, 3.63) is 0 Å². The van der Waals surface area contributed by atoms with Gasteiger partial charge in [0.2, 0.25) is 0 Å². The molecular formula is C26H44O3. The van der Waals surface area contributed by atoms with Crippen molar-refractivity contribution in [1.82, 2.24) is 0 Å². The summed E-state index contributed by atoms with van der Waals surface area (Å²) in [7, 11) is 0. The number of carboxylic acids is 1. The third kappa shape index (κ3) is 3.48. The standard InChI is InChI=1S/C26H44O3/c1-14-10-16(3)24-18(11-14)12-17(4)25-19(24)13-22(27)26(5)20(7-8-21(25)26)15(2)6-9-23(28)29/h14-22,24-25,27H,6-13H2,1-5H3,(H,28,29). The predicted octanol–water partition coefficient (Wildman–Crippen LogP) is 5.86. The highest BCUT2D eigenvalue weighted by molar-refractivity contribution is 5.66. The van der Waals surface area contributed by atoms with Crippen LogP contribution in [0.2, 0.25) is 0 Å². The molecule has 29 heavy (non-hydrogen) atoms. The van der Waals surface area contributed by atoms with Crippen LogP contribution >= 0.6 is 0 Å². The molecular weight excluding hydrogens is 360 g/mol. The third-order valence-electron chi connectivity index (χ3n) is 10.6. The van der Waals surface area contributed by atoms with Gasteiger partial charge in [0.15, 0.2) is 0 Å². The van der Waals surface area contributed by atoms with Crippen LogP contribution in [0.1, 0.15) is 86.0 Å². The van der Waals surface area contributed by atoms with Crippen LogP contribution in [0.3, 0.4) is 0 Å². The Labute approximate surface area is 178 Å². The molecule has 4 rings (SSSR count). The Balaban J connectivity index is 1.59.